The van der Waals surface area contributed by atoms with Gasteiger partial charge in [-0.2, -0.15) is 0 Å². The molecule has 3 aromatic carbocycles. The molecule has 3 aromatic rings. The van der Waals surface area contributed by atoms with Crippen molar-refractivity contribution >= 4 is 34.6 Å². The van der Waals surface area contributed by atoms with E-state index < -0.39 is 29.6 Å². The second-order valence-corrected chi connectivity index (χ2v) is 11.6. The Morgan fingerprint density at radius 1 is 0.837 bits per heavy atom. The first-order valence-corrected chi connectivity index (χ1v) is 14.3. The molecule has 0 spiro atoms. The summed E-state index contributed by atoms with van der Waals surface area (Å²) in [6, 6.07) is 21.6. The Morgan fingerprint density at radius 2 is 1.44 bits per heavy atom. The van der Waals surface area contributed by atoms with Crippen molar-refractivity contribution in [2.75, 3.05) is 21.1 Å². The topological polar surface area (TPSA) is 119 Å². The van der Waals surface area contributed by atoms with Gasteiger partial charge in [0.2, 0.25) is 17.7 Å². The van der Waals surface area contributed by atoms with Gasteiger partial charge in [0.1, 0.15) is 12.1 Å². The van der Waals surface area contributed by atoms with Crippen molar-refractivity contribution in [1.82, 2.24) is 20.4 Å². The molecule has 9 nitrogen and oxygen atoms in total. The van der Waals surface area contributed by atoms with Gasteiger partial charge in [-0.25, -0.2) is 4.79 Å². The van der Waals surface area contributed by atoms with Crippen LogP contribution in [-0.2, 0) is 27.2 Å². The van der Waals surface area contributed by atoms with E-state index in [1.54, 1.807) is 34.9 Å². The molecule has 4 amide bonds. The highest BCUT2D eigenvalue weighted by Gasteiger charge is 2.34. The Labute approximate surface area is 253 Å². The number of carboxylic acid groups (broad SMARTS) is 1. The molecule has 0 aliphatic carbocycles. The normalized spacial score (nSPS) is 13.1. The molecule has 2 unspecified atom stereocenters. The van der Waals surface area contributed by atoms with E-state index in [9.17, 15) is 19.2 Å². The maximum Gasteiger partial charge on any atom is 0.405 e. The lowest BCUT2D eigenvalue weighted by atomic mass is 9.95. The van der Waals surface area contributed by atoms with Gasteiger partial charge in [-0.15, -0.1) is 0 Å². The number of carbonyl (C=O) groups excluding carboxylic acids is 3. The fourth-order valence-electron chi connectivity index (χ4n) is 5.33. The van der Waals surface area contributed by atoms with Crippen molar-refractivity contribution in [2.24, 2.45) is 0 Å². The van der Waals surface area contributed by atoms with E-state index >= 15 is 0 Å². The molecule has 3 rings (SSSR count). The number of likely N-dealkylation sites (N-methyl/N-ethyl adjacent to an activating group) is 3. The lowest BCUT2D eigenvalue weighted by Crippen LogP contribution is -2.55. The SMILES string of the molecule is CNC(=O)C(Cc1ccccc1)N(C)C(=O)C(Cc1ccc2ccccc2c1)N(C)C(=O)C=C(C)CC(C)(C)NC(=O)O. The highest BCUT2D eigenvalue weighted by atomic mass is 16.4. The molecule has 2 atom stereocenters. The lowest BCUT2D eigenvalue weighted by Gasteiger charge is -2.34. The summed E-state index contributed by atoms with van der Waals surface area (Å²) in [6.45, 7) is 5.23. The van der Waals surface area contributed by atoms with Crippen LogP contribution in [0.2, 0.25) is 0 Å². The van der Waals surface area contributed by atoms with Crippen molar-refractivity contribution in [2.45, 2.75) is 57.7 Å². The predicted octanol–water partition coefficient (Wildman–Crippen LogP) is 4.41. The monoisotopic (exact) mass is 586 g/mol. The Morgan fingerprint density at radius 3 is 2.07 bits per heavy atom. The van der Waals surface area contributed by atoms with Gasteiger partial charge < -0.3 is 25.5 Å². The van der Waals surface area contributed by atoms with Gasteiger partial charge in [-0.05, 0) is 49.1 Å². The minimum absolute atomic E-state index is 0.237. The Balaban J connectivity index is 1.95. The third kappa shape index (κ3) is 9.16. The van der Waals surface area contributed by atoms with Crippen LogP contribution in [0.3, 0.4) is 0 Å². The first kappa shape index (κ1) is 32.8. The van der Waals surface area contributed by atoms with E-state index in [0.29, 0.717) is 18.4 Å². The van der Waals surface area contributed by atoms with Crippen molar-refractivity contribution < 1.29 is 24.3 Å². The maximum atomic E-state index is 14.2. The average molecular weight is 587 g/mol. The number of rotatable bonds is 12. The average Bonchev–Trinajstić information content (AvgIpc) is 2.96. The van der Waals surface area contributed by atoms with Gasteiger partial charge >= 0.3 is 6.09 Å². The summed E-state index contributed by atoms with van der Waals surface area (Å²) in [6.07, 6.45) is 1.14. The zero-order chi connectivity index (χ0) is 31.7. The molecule has 0 saturated carbocycles. The number of hydrogen-bond acceptors (Lipinski definition) is 4. The van der Waals surface area contributed by atoms with Crippen LogP contribution in [0.15, 0.2) is 84.4 Å². The van der Waals surface area contributed by atoms with Crippen LogP contribution in [0.5, 0.6) is 0 Å². The number of nitrogens with zero attached hydrogens (tertiary/aromatic N) is 2. The Hall–Kier alpha value is -4.66. The van der Waals surface area contributed by atoms with E-state index in [1.807, 2.05) is 72.8 Å². The first-order valence-electron chi connectivity index (χ1n) is 14.3. The molecule has 0 bridgehead atoms. The van der Waals surface area contributed by atoms with Crippen LogP contribution in [0, 0.1) is 0 Å². The smallest absolute Gasteiger partial charge is 0.405 e. The minimum atomic E-state index is -1.15. The van der Waals surface area contributed by atoms with Crippen LogP contribution < -0.4 is 10.6 Å². The zero-order valence-electron chi connectivity index (χ0n) is 25.8. The van der Waals surface area contributed by atoms with Crippen molar-refractivity contribution in [1.29, 1.82) is 0 Å². The second kappa shape index (κ2) is 14.5. The lowest BCUT2D eigenvalue weighted by molar-refractivity contribution is -0.146. The fraction of sp³-hybridized carbons (Fsp3) is 0.353. The highest BCUT2D eigenvalue weighted by molar-refractivity contribution is 5.95. The van der Waals surface area contributed by atoms with Crippen LogP contribution in [0.4, 0.5) is 4.79 Å². The number of carbonyl (C=O) groups is 4. The van der Waals surface area contributed by atoms with Crippen LogP contribution in [0.1, 0.15) is 38.3 Å². The van der Waals surface area contributed by atoms with Gasteiger partial charge in [-0.3, -0.25) is 14.4 Å². The summed E-state index contributed by atoms with van der Waals surface area (Å²) >= 11 is 0. The van der Waals surface area contributed by atoms with Gasteiger partial charge in [0.25, 0.3) is 0 Å². The Kier molecular flexibility index (Phi) is 11.1. The summed E-state index contributed by atoms with van der Waals surface area (Å²) in [4.78, 5) is 54.8. The quantitative estimate of drug-likeness (QED) is 0.272. The summed E-state index contributed by atoms with van der Waals surface area (Å²) in [5.74, 6) is -1.06. The number of amides is 4. The Bertz CT molecular complexity index is 1480. The number of benzene rings is 3. The molecule has 0 aliphatic heterocycles. The molecule has 0 radical (unpaired) electrons. The largest absolute Gasteiger partial charge is 0.465 e. The zero-order valence-corrected chi connectivity index (χ0v) is 25.8. The number of nitrogens with one attached hydrogen (secondary N) is 2. The van der Waals surface area contributed by atoms with Crippen LogP contribution >= 0.6 is 0 Å². The molecule has 0 aliphatic rings. The molecule has 3 N–H and O–H groups in total. The summed E-state index contributed by atoms with van der Waals surface area (Å²) in [5.41, 5.74) is 1.65. The molecule has 0 fully saturated rings. The molecule has 0 aromatic heterocycles. The van der Waals surface area contributed by atoms with Gasteiger partial charge in [0.15, 0.2) is 0 Å². The van der Waals surface area contributed by atoms with Crippen LogP contribution in [-0.4, -0.2) is 77.5 Å². The van der Waals surface area contributed by atoms with E-state index in [2.05, 4.69) is 10.6 Å². The molecule has 9 heteroatoms. The molecular weight excluding hydrogens is 544 g/mol. The number of hydrogen-bond donors (Lipinski definition) is 3. The highest BCUT2D eigenvalue weighted by Crippen LogP contribution is 2.21. The molecular formula is C34H42N4O5. The maximum absolute atomic E-state index is 14.2. The van der Waals surface area contributed by atoms with Gasteiger partial charge in [0, 0.05) is 45.6 Å². The third-order valence-electron chi connectivity index (χ3n) is 7.52. The van der Waals surface area contributed by atoms with E-state index in [0.717, 1.165) is 21.9 Å². The number of fused-ring (bicyclic) bond motifs is 1. The van der Waals surface area contributed by atoms with Crippen LogP contribution in [0.25, 0.3) is 10.8 Å². The summed E-state index contributed by atoms with van der Waals surface area (Å²) < 4.78 is 0. The summed E-state index contributed by atoms with van der Waals surface area (Å²) in [7, 11) is 4.71. The van der Waals surface area contributed by atoms with Crippen molar-refractivity contribution in [3.05, 3.63) is 95.6 Å². The van der Waals surface area contributed by atoms with Gasteiger partial charge in [-0.1, -0.05) is 78.4 Å². The standard InChI is InChI=1S/C34H42N4O5/c1-23(22-34(2,3)36-33(42)43)18-30(39)37(5)29(21-25-16-17-26-14-10-11-15-27(26)19-25)32(41)38(6)28(31(40)35-4)20-24-12-8-7-9-13-24/h7-19,28-29,36H,20-22H2,1-6H3,(H,35,40)(H,42,43). The summed E-state index contributed by atoms with van der Waals surface area (Å²) in [5, 5.41) is 16.4. The van der Waals surface area contributed by atoms with Crippen molar-refractivity contribution in [3.63, 3.8) is 0 Å². The predicted molar refractivity (Wildman–Crippen MR) is 169 cm³/mol. The fourth-order valence-corrected chi connectivity index (χ4v) is 5.33. The molecule has 0 heterocycles. The second-order valence-electron chi connectivity index (χ2n) is 11.6. The van der Waals surface area contributed by atoms with E-state index in [-0.39, 0.29) is 18.2 Å². The molecule has 228 valence electrons. The van der Waals surface area contributed by atoms with E-state index in [1.165, 1.54) is 22.9 Å². The third-order valence-corrected chi connectivity index (χ3v) is 7.52. The molecule has 0 saturated heterocycles. The van der Waals surface area contributed by atoms with Crippen molar-refractivity contribution in [3.8, 4) is 0 Å². The molecule has 43 heavy (non-hydrogen) atoms. The first-order chi connectivity index (χ1) is 20.3. The minimum Gasteiger partial charge on any atom is -0.465 e. The van der Waals surface area contributed by atoms with Gasteiger partial charge in [0.05, 0.1) is 0 Å². The van der Waals surface area contributed by atoms with E-state index in [4.69, 9.17) is 5.11 Å².